The van der Waals surface area contributed by atoms with Crippen molar-refractivity contribution in [3.8, 4) is 23.3 Å². The molecule has 0 fully saturated rings. The second-order valence-electron chi connectivity index (χ2n) is 12.5. The average molecular weight is 919 g/mol. The van der Waals surface area contributed by atoms with Crippen molar-refractivity contribution in [3.05, 3.63) is 178 Å². The Bertz CT molecular complexity index is 2510. The van der Waals surface area contributed by atoms with Crippen molar-refractivity contribution in [2.45, 2.75) is 32.9 Å². The molecule has 4 aromatic carbocycles. The summed E-state index contributed by atoms with van der Waals surface area (Å²) in [7, 11) is 1.36. The van der Waals surface area contributed by atoms with Gasteiger partial charge in [0.1, 0.15) is 40.5 Å². The average Bonchev–Trinajstić information content (AvgIpc) is 3.27. The molecular weight excluding hydrogens is 880 g/mol. The van der Waals surface area contributed by atoms with Crippen LogP contribution in [0.15, 0.2) is 122 Å². The number of ether oxygens (including phenoxy) is 3. The SMILES string of the molecule is C.COC(=O)c1ccc(CN)cc1.O.O=C(O)c1cc(C(F)(F)F)cnc1Oc1ccc(F)cc1.O=Cc1ccc(CNC(=O)c2cc(C(F)(F)F)cnc2Oc2ccc(F)cc2)cc1. The van der Waals surface area contributed by atoms with Crippen LogP contribution in [0.5, 0.6) is 23.3 Å². The van der Waals surface area contributed by atoms with Crippen LogP contribution < -0.4 is 20.5 Å². The van der Waals surface area contributed by atoms with Crippen LogP contribution in [-0.2, 0) is 30.2 Å². The fourth-order valence-corrected chi connectivity index (χ4v) is 4.81. The van der Waals surface area contributed by atoms with Crippen molar-refractivity contribution >= 4 is 24.1 Å². The summed E-state index contributed by atoms with van der Waals surface area (Å²) in [6.45, 7) is 0.492. The molecule has 6 N–H and O–H groups in total. The molecule has 344 valence electrons. The summed E-state index contributed by atoms with van der Waals surface area (Å²) in [5.74, 6) is -4.57. The van der Waals surface area contributed by atoms with Crippen LogP contribution in [-0.4, -0.2) is 51.8 Å². The summed E-state index contributed by atoms with van der Waals surface area (Å²) in [4.78, 5) is 52.2. The highest BCUT2D eigenvalue weighted by Gasteiger charge is 2.34. The van der Waals surface area contributed by atoms with Crippen molar-refractivity contribution in [2.24, 2.45) is 5.73 Å². The zero-order valence-corrected chi connectivity index (χ0v) is 32.8. The van der Waals surface area contributed by atoms with Crippen molar-refractivity contribution < 1.29 is 79.1 Å². The minimum Gasteiger partial charge on any atom is -0.477 e. The Labute approximate surface area is 364 Å². The van der Waals surface area contributed by atoms with Gasteiger partial charge in [-0.05, 0) is 83.9 Å². The zero-order chi connectivity index (χ0) is 46.3. The number of nitrogens with two attached hydrogens (primary N) is 1. The normalized spacial score (nSPS) is 10.5. The van der Waals surface area contributed by atoms with Gasteiger partial charge < -0.3 is 35.8 Å². The quantitative estimate of drug-likeness (QED) is 0.0633. The molecular formula is C44H38F8N4O9. The van der Waals surface area contributed by atoms with Crippen LogP contribution in [0.25, 0.3) is 0 Å². The molecule has 0 aliphatic rings. The zero-order valence-electron chi connectivity index (χ0n) is 32.8. The topological polar surface area (TPSA) is 212 Å². The lowest BCUT2D eigenvalue weighted by Crippen LogP contribution is -2.24. The summed E-state index contributed by atoms with van der Waals surface area (Å²) in [5, 5.41) is 11.4. The number of halogens is 8. The van der Waals surface area contributed by atoms with Gasteiger partial charge in [-0.1, -0.05) is 43.8 Å². The van der Waals surface area contributed by atoms with Crippen molar-refractivity contribution in [1.29, 1.82) is 0 Å². The number of hydrogen-bond acceptors (Lipinski definition) is 10. The van der Waals surface area contributed by atoms with Crippen LogP contribution in [0.4, 0.5) is 35.1 Å². The minimum atomic E-state index is -4.72. The number of aldehydes is 1. The molecule has 2 heterocycles. The maximum absolute atomic E-state index is 13.1. The lowest BCUT2D eigenvalue weighted by Gasteiger charge is -2.13. The lowest BCUT2D eigenvalue weighted by molar-refractivity contribution is -0.138. The molecule has 0 atom stereocenters. The first kappa shape index (κ1) is 53.4. The van der Waals surface area contributed by atoms with E-state index in [4.69, 9.17) is 20.3 Å². The molecule has 65 heavy (non-hydrogen) atoms. The number of carboxylic acids is 1. The number of esters is 1. The summed E-state index contributed by atoms with van der Waals surface area (Å²) >= 11 is 0. The number of aromatic nitrogens is 2. The molecule has 21 heteroatoms. The smallest absolute Gasteiger partial charge is 0.417 e. The van der Waals surface area contributed by atoms with Gasteiger partial charge in [0.25, 0.3) is 5.91 Å². The number of amides is 1. The van der Waals surface area contributed by atoms with E-state index < -0.39 is 64.0 Å². The van der Waals surface area contributed by atoms with E-state index in [1.807, 2.05) is 12.1 Å². The number of methoxy groups -OCH3 is 1. The number of benzene rings is 4. The first-order valence-electron chi connectivity index (χ1n) is 17.8. The molecule has 0 spiro atoms. The molecule has 13 nitrogen and oxygen atoms in total. The van der Waals surface area contributed by atoms with Gasteiger partial charge in [0, 0.05) is 31.0 Å². The number of rotatable bonds is 11. The first-order valence-corrected chi connectivity index (χ1v) is 17.8. The maximum atomic E-state index is 13.1. The highest BCUT2D eigenvalue weighted by atomic mass is 19.4. The van der Waals surface area contributed by atoms with Crippen molar-refractivity contribution in [1.82, 2.24) is 15.3 Å². The number of carbonyl (C=O) groups excluding carboxylic acids is 3. The number of nitrogens with one attached hydrogen (secondary N) is 1. The Morgan fingerprint density at radius 3 is 1.52 bits per heavy atom. The third kappa shape index (κ3) is 16.1. The summed E-state index contributed by atoms with van der Waals surface area (Å²) in [5.41, 5.74) is 4.53. The van der Waals surface area contributed by atoms with E-state index in [0.29, 0.717) is 54.0 Å². The maximum Gasteiger partial charge on any atom is 0.417 e. The standard InChI is InChI=1S/C21H14F4N2O3.C13H7F4NO3.C9H11NO2.CH4.H2O/c22-16-5-7-17(8-6-16)30-20-18(9-15(11-27-20)21(23,24)25)19(29)26-10-13-1-3-14(12-28)4-2-13;14-8-1-3-9(4-2-8)21-11-10(12(19)20)5-7(6-18-11)13(15,16)17;1-12-9(11)8-4-2-7(6-10)3-5-8;;/h1-9,11-12H,10H2,(H,26,29);1-6H,(H,19,20);2-5H,6,10H2,1H3;1H4;1H2. The van der Waals surface area contributed by atoms with Crippen LogP contribution in [0.2, 0.25) is 0 Å². The first-order chi connectivity index (χ1) is 29.8. The van der Waals surface area contributed by atoms with Gasteiger partial charge in [-0.2, -0.15) is 26.3 Å². The minimum absolute atomic E-state index is 0. The third-order valence-corrected chi connectivity index (χ3v) is 8.07. The Balaban J connectivity index is 0.000000361. The molecule has 0 saturated heterocycles. The molecule has 1 amide bonds. The highest BCUT2D eigenvalue weighted by molar-refractivity contribution is 5.96. The molecule has 0 unspecified atom stereocenters. The second kappa shape index (κ2) is 24.2. The fraction of sp³-hybridized carbons (Fsp3) is 0.136. The molecule has 0 aliphatic heterocycles. The van der Waals surface area contributed by atoms with Gasteiger partial charge in [0.15, 0.2) is 0 Å². The van der Waals surface area contributed by atoms with E-state index in [1.54, 1.807) is 36.4 Å². The molecule has 0 aliphatic carbocycles. The van der Waals surface area contributed by atoms with Crippen LogP contribution in [0, 0.1) is 11.6 Å². The third-order valence-electron chi connectivity index (χ3n) is 8.07. The Morgan fingerprint density at radius 2 is 1.12 bits per heavy atom. The number of carboxylic acid groups (broad SMARTS) is 1. The summed E-state index contributed by atoms with van der Waals surface area (Å²) in [6.07, 6.45) is -7.75. The Morgan fingerprint density at radius 1 is 0.692 bits per heavy atom. The molecule has 6 rings (SSSR count). The van der Waals surface area contributed by atoms with Crippen LogP contribution in [0.3, 0.4) is 0 Å². The van der Waals surface area contributed by atoms with Gasteiger partial charge in [-0.25, -0.2) is 28.3 Å². The largest absolute Gasteiger partial charge is 0.477 e. The Kier molecular flexibility index (Phi) is 19.8. The number of nitrogens with zero attached hydrogens (tertiary/aromatic N) is 2. The fourth-order valence-electron chi connectivity index (χ4n) is 4.81. The highest BCUT2D eigenvalue weighted by Crippen LogP contribution is 2.34. The van der Waals surface area contributed by atoms with E-state index in [1.165, 1.54) is 31.4 Å². The number of aromatic carboxylic acids is 1. The molecule has 0 radical (unpaired) electrons. The molecule has 0 bridgehead atoms. The predicted octanol–water partition coefficient (Wildman–Crippen LogP) is 9.25. The predicted molar refractivity (Wildman–Crippen MR) is 217 cm³/mol. The molecule has 2 aromatic heterocycles. The molecule has 6 aromatic rings. The Hall–Kier alpha value is -7.78. The monoisotopic (exact) mass is 918 g/mol. The van der Waals surface area contributed by atoms with Gasteiger partial charge in [-0.15, -0.1) is 0 Å². The lowest BCUT2D eigenvalue weighted by atomic mass is 10.1. The van der Waals surface area contributed by atoms with E-state index >= 15 is 0 Å². The van der Waals surface area contributed by atoms with E-state index in [-0.39, 0.29) is 42.8 Å². The van der Waals surface area contributed by atoms with Gasteiger partial charge in [0.05, 0.1) is 23.8 Å². The van der Waals surface area contributed by atoms with Crippen molar-refractivity contribution in [3.63, 3.8) is 0 Å². The van der Waals surface area contributed by atoms with Crippen LogP contribution >= 0.6 is 0 Å². The summed E-state index contributed by atoms with van der Waals surface area (Å²) < 4.78 is 118. The van der Waals surface area contributed by atoms with Gasteiger partial charge in [0.2, 0.25) is 11.8 Å². The molecule has 0 saturated carbocycles. The van der Waals surface area contributed by atoms with Crippen molar-refractivity contribution in [2.75, 3.05) is 7.11 Å². The number of pyridine rings is 2. The van der Waals surface area contributed by atoms with Gasteiger partial charge >= 0.3 is 24.3 Å². The number of carbonyl (C=O) groups is 4. The van der Waals surface area contributed by atoms with E-state index in [0.717, 1.165) is 29.8 Å². The number of alkyl halides is 6. The number of hydrogen-bond donors (Lipinski definition) is 3. The van der Waals surface area contributed by atoms with E-state index in [9.17, 15) is 54.3 Å². The van der Waals surface area contributed by atoms with E-state index in [2.05, 4.69) is 20.0 Å². The van der Waals surface area contributed by atoms with Gasteiger partial charge in [-0.3, -0.25) is 9.59 Å². The van der Waals surface area contributed by atoms with Crippen LogP contribution in [0.1, 0.15) is 71.1 Å². The summed E-state index contributed by atoms with van der Waals surface area (Å²) in [6, 6.07) is 23.6. The second-order valence-corrected chi connectivity index (χ2v) is 12.5.